The summed E-state index contributed by atoms with van der Waals surface area (Å²) in [6.07, 6.45) is 2.18. The molecule has 0 spiro atoms. The number of nitrogens with two attached hydrogens (primary N) is 1. The van der Waals surface area contributed by atoms with E-state index >= 15 is 0 Å². The van der Waals surface area contributed by atoms with Gasteiger partial charge in [0.2, 0.25) is 5.91 Å². The topological polar surface area (TPSA) is 49.6 Å². The first kappa shape index (κ1) is 15.1. The quantitative estimate of drug-likeness (QED) is 0.865. The number of rotatable bonds is 4. The van der Waals surface area contributed by atoms with E-state index in [1.165, 1.54) is 0 Å². The first-order valence-corrected chi connectivity index (χ1v) is 7.36. The molecular weight excluding hydrogens is 294 g/mol. The molecule has 1 heterocycles. The van der Waals surface area contributed by atoms with Gasteiger partial charge in [0.05, 0.1) is 17.1 Å². The first-order chi connectivity index (χ1) is 9.50. The van der Waals surface area contributed by atoms with Gasteiger partial charge in [-0.25, -0.2) is 0 Å². The van der Waals surface area contributed by atoms with E-state index in [4.69, 9.17) is 29.6 Å². The van der Waals surface area contributed by atoms with Crippen LogP contribution in [0.15, 0.2) is 18.2 Å². The van der Waals surface area contributed by atoms with Gasteiger partial charge in [-0.3, -0.25) is 4.79 Å². The minimum Gasteiger partial charge on any atom is -0.389 e. The molecule has 1 aromatic carbocycles. The Morgan fingerprint density at radius 1 is 1.45 bits per heavy atom. The van der Waals surface area contributed by atoms with Crippen LogP contribution in [0.1, 0.15) is 18.4 Å². The zero-order valence-electron chi connectivity index (χ0n) is 11.4. The molecule has 4 nitrogen and oxygen atoms in total. The molecule has 0 aromatic heterocycles. The average Bonchev–Trinajstić information content (AvgIpc) is 2.91. The van der Waals surface area contributed by atoms with Crippen LogP contribution in [0.3, 0.4) is 0 Å². The molecule has 2 rings (SSSR count). The van der Waals surface area contributed by atoms with Crippen molar-refractivity contribution in [1.82, 2.24) is 4.90 Å². The monoisotopic (exact) mass is 311 g/mol. The Balaban J connectivity index is 2.16. The second-order valence-electron chi connectivity index (χ2n) is 4.94. The fraction of sp³-hybridized carbons (Fsp3) is 0.429. The van der Waals surface area contributed by atoms with Crippen LogP contribution in [0, 0.1) is 0 Å². The van der Waals surface area contributed by atoms with E-state index in [9.17, 15) is 4.79 Å². The van der Waals surface area contributed by atoms with Crippen molar-refractivity contribution in [3.05, 3.63) is 28.8 Å². The van der Waals surface area contributed by atoms with Crippen molar-refractivity contribution in [2.75, 3.05) is 31.6 Å². The molecule has 108 valence electrons. The number of likely N-dealkylation sites (tertiary alicyclic amines) is 1. The van der Waals surface area contributed by atoms with Crippen molar-refractivity contribution < 1.29 is 4.79 Å². The number of carbonyl (C=O) groups is 1. The van der Waals surface area contributed by atoms with Crippen molar-refractivity contribution >= 4 is 40.4 Å². The molecule has 1 aliphatic heterocycles. The molecule has 20 heavy (non-hydrogen) atoms. The number of halogens is 1. The predicted molar refractivity (Wildman–Crippen MR) is 86.4 cm³/mol. The van der Waals surface area contributed by atoms with E-state index in [2.05, 4.69) is 0 Å². The van der Waals surface area contributed by atoms with E-state index in [-0.39, 0.29) is 10.9 Å². The molecule has 1 aliphatic rings. The van der Waals surface area contributed by atoms with Crippen molar-refractivity contribution in [3.8, 4) is 0 Å². The number of hydrogen-bond acceptors (Lipinski definition) is 3. The molecular formula is C14H18ClN3OS. The number of amides is 1. The molecule has 6 heteroatoms. The number of thiocarbonyl (C=S) groups is 1. The fourth-order valence-corrected chi connectivity index (χ4v) is 2.97. The Bertz CT molecular complexity index is 529. The maximum atomic E-state index is 12.2. The van der Waals surface area contributed by atoms with Crippen LogP contribution >= 0.6 is 23.8 Å². The van der Waals surface area contributed by atoms with Crippen LogP contribution in [0.25, 0.3) is 0 Å². The van der Waals surface area contributed by atoms with Crippen molar-refractivity contribution in [2.24, 2.45) is 5.73 Å². The van der Waals surface area contributed by atoms with E-state index in [0.717, 1.165) is 31.6 Å². The zero-order valence-corrected chi connectivity index (χ0v) is 13.0. The van der Waals surface area contributed by atoms with Crippen LogP contribution in [-0.2, 0) is 4.79 Å². The minimum atomic E-state index is 0.124. The highest BCUT2D eigenvalue weighted by Crippen LogP contribution is 2.27. The number of hydrogen-bond donors (Lipinski definition) is 1. The maximum absolute atomic E-state index is 12.2. The predicted octanol–water partition coefficient (Wildman–Crippen LogP) is 2.03. The van der Waals surface area contributed by atoms with E-state index in [1.54, 1.807) is 6.07 Å². The van der Waals surface area contributed by atoms with Gasteiger partial charge < -0.3 is 15.5 Å². The lowest BCUT2D eigenvalue weighted by atomic mass is 10.1. The molecule has 1 fully saturated rings. The first-order valence-electron chi connectivity index (χ1n) is 6.58. The Morgan fingerprint density at radius 2 is 2.10 bits per heavy atom. The normalized spacial score (nSPS) is 14.4. The van der Waals surface area contributed by atoms with Crippen LogP contribution in [-0.4, -0.2) is 42.5 Å². The number of anilines is 1. The summed E-state index contributed by atoms with van der Waals surface area (Å²) in [5.41, 5.74) is 7.15. The van der Waals surface area contributed by atoms with Crippen molar-refractivity contribution in [1.29, 1.82) is 0 Å². The van der Waals surface area contributed by atoms with Crippen LogP contribution in [0.5, 0.6) is 0 Å². The molecule has 0 unspecified atom stereocenters. The average molecular weight is 312 g/mol. The van der Waals surface area contributed by atoms with Crippen LogP contribution in [0.2, 0.25) is 5.02 Å². The van der Waals surface area contributed by atoms with Crippen LogP contribution < -0.4 is 10.6 Å². The highest BCUT2D eigenvalue weighted by atomic mass is 35.5. The number of likely N-dealkylation sites (N-methyl/N-ethyl adjacent to an activating group) is 1. The summed E-state index contributed by atoms with van der Waals surface area (Å²) < 4.78 is 0. The lowest BCUT2D eigenvalue weighted by Crippen LogP contribution is -2.37. The maximum Gasteiger partial charge on any atom is 0.242 e. The standard InChI is InChI=1S/C14H18ClN3OS/c1-17(9-12(19)18-7-2-3-8-18)11-6-4-5-10(15)13(11)14(16)20/h4-6H,2-3,7-9H2,1H3,(H2,16,20). The third-order valence-corrected chi connectivity index (χ3v) is 4.00. The number of carbonyl (C=O) groups excluding carboxylic acids is 1. The fourth-order valence-electron chi connectivity index (χ4n) is 2.43. The summed E-state index contributed by atoms with van der Waals surface area (Å²) in [5, 5.41) is 0.510. The molecule has 0 saturated carbocycles. The molecule has 1 saturated heterocycles. The minimum absolute atomic E-state index is 0.124. The van der Waals surface area contributed by atoms with Gasteiger partial charge in [0.25, 0.3) is 0 Å². The molecule has 0 aliphatic carbocycles. The highest BCUT2D eigenvalue weighted by molar-refractivity contribution is 7.80. The number of nitrogens with zero attached hydrogens (tertiary/aromatic N) is 2. The van der Waals surface area contributed by atoms with Gasteiger partial charge in [-0.05, 0) is 25.0 Å². The smallest absolute Gasteiger partial charge is 0.242 e. The summed E-state index contributed by atoms with van der Waals surface area (Å²) in [6.45, 7) is 2.00. The van der Waals surface area contributed by atoms with Crippen molar-refractivity contribution in [2.45, 2.75) is 12.8 Å². The lowest BCUT2D eigenvalue weighted by molar-refractivity contribution is -0.128. The van der Waals surface area contributed by atoms with Gasteiger partial charge in [-0.15, -0.1) is 0 Å². The largest absolute Gasteiger partial charge is 0.389 e. The summed E-state index contributed by atoms with van der Waals surface area (Å²) in [7, 11) is 1.85. The summed E-state index contributed by atoms with van der Waals surface area (Å²) >= 11 is 11.2. The second kappa shape index (κ2) is 6.41. The van der Waals surface area contributed by atoms with Gasteiger partial charge in [0, 0.05) is 25.8 Å². The molecule has 0 atom stereocenters. The Hall–Kier alpha value is -1.33. The van der Waals surface area contributed by atoms with Gasteiger partial charge in [0.15, 0.2) is 0 Å². The number of benzene rings is 1. The second-order valence-corrected chi connectivity index (χ2v) is 5.79. The third-order valence-electron chi connectivity index (χ3n) is 3.48. The molecule has 0 radical (unpaired) electrons. The Morgan fingerprint density at radius 3 is 2.70 bits per heavy atom. The van der Waals surface area contributed by atoms with Gasteiger partial charge >= 0.3 is 0 Å². The van der Waals surface area contributed by atoms with E-state index in [1.807, 2.05) is 29.0 Å². The van der Waals surface area contributed by atoms with Gasteiger partial charge in [-0.1, -0.05) is 29.9 Å². The Kier molecular flexibility index (Phi) is 4.83. The summed E-state index contributed by atoms with van der Waals surface area (Å²) in [5.74, 6) is 0.124. The molecule has 1 aromatic rings. The van der Waals surface area contributed by atoms with Crippen LogP contribution in [0.4, 0.5) is 5.69 Å². The van der Waals surface area contributed by atoms with E-state index < -0.39 is 0 Å². The molecule has 2 N–H and O–H groups in total. The van der Waals surface area contributed by atoms with Gasteiger partial charge in [0.1, 0.15) is 4.99 Å². The molecule has 0 bridgehead atoms. The lowest BCUT2D eigenvalue weighted by Gasteiger charge is -2.25. The summed E-state index contributed by atoms with van der Waals surface area (Å²) in [4.78, 5) is 16.2. The molecule has 1 amide bonds. The van der Waals surface area contributed by atoms with E-state index in [0.29, 0.717) is 17.1 Å². The summed E-state index contributed by atoms with van der Waals surface area (Å²) in [6, 6.07) is 5.45. The van der Waals surface area contributed by atoms with Gasteiger partial charge in [-0.2, -0.15) is 0 Å². The van der Waals surface area contributed by atoms with Crippen molar-refractivity contribution in [3.63, 3.8) is 0 Å². The zero-order chi connectivity index (χ0) is 14.7. The third kappa shape index (κ3) is 3.22. The highest BCUT2D eigenvalue weighted by Gasteiger charge is 2.21. The Labute approximate surface area is 129 Å². The SMILES string of the molecule is CN(CC(=O)N1CCCC1)c1cccc(Cl)c1C(N)=S.